The molecular formula is C21H21BrN2O2S. The van der Waals surface area contributed by atoms with Crippen LogP contribution in [0.2, 0.25) is 0 Å². The fourth-order valence-electron chi connectivity index (χ4n) is 2.84. The first kappa shape index (κ1) is 19.6. The molecular weight excluding hydrogens is 424 g/mol. The summed E-state index contributed by atoms with van der Waals surface area (Å²) >= 11 is 5.03. The van der Waals surface area contributed by atoms with Gasteiger partial charge >= 0.3 is 0 Å². The van der Waals surface area contributed by atoms with Crippen LogP contribution in [0, 0.1) is 0 Å². The third-order valence-corrected chi connectivity index (χ3v) is 5.48. The number of amides is 1. The zero-order valence-corrected chi connectivity index (χ0v) is 17.6. The van der Waals surface area contributed by atoms with E-state index in [1.807, 2.05) is 60.8 Å². The molecule has 1 N–H and O–H groups in total. The molecule has 6 heteroatoms. The minimum atomic E-state index is -0.0171. The van der Waals surface area contributed by atoms with Crippen LogP contribution >= 0.6 is 27.3 Å². The first-order valence-corrected chi connectivity index (χ1v) is 10.3. The Morgan fingerprint density at radius 1 is 1.26 bits per heavy atom. The number of rotatable bonds is 7. The molecule has 27 heavy (non-hydrogen) atoms. The lowest BCUT2D eigenvalue weighted by Crippen LogP contribution is -2.35. The number of thiazole rings is 1. The summed E-state index contributed by atoms with van der Waals surface area (Å²) in [6.45, 7) is 2.01. The van der Waals surface area contributed by atoms with Crippen LogP contribution < -0.4 is 10.1 Å². The Morgan fingerprint density at radius 2 is 2.07 bits per heavy atom. The van der Waals surface area contributed by atoms with Gasteiger partial charge in [0.15, 0.2) is 0 Å². The lowest BCUT2D eigenvalue weighted by molar-refractivity contribution is -0.121. The summed E-state index contributed by atoms with van der Waals surface area (Å²) in [6.07, 6.45) is 1.04. The third-order valence-electron chi connectivity index (χ3n) is 4.05. The van der Waals surface area contributed by atoms with Crippen LogP contribution in [0.4, 0.5) is 0 Å². The van der Waals surface area contributed by atoms with Gasteiger partial charge in [-0.3, -0.25) is 4.79 Å². The molecule has 1 amide bonds. The molecule has 3 aromatic rings. The Labute approximate surface area is 171 Å². The van der Waals surface area contributed by atoms with Crippen molar-refractivity contribution in [2.75, 3.05) is 7.11 Å². The van der Waals surface area contributed by atoms with E-state index in [1.165, 1.54) is 0 Å². The molecule has 0 spiro atoms. The number of carbonyl (C=O) groups is 1. The summed E-state index contributed by atoms with van der Waals surface area (Å²) in [4.78, 5) is 17.0. The molecule has 0 aliphatic rings. The quantitative estimate of drug-likeness (QED) is 0.565. The molecule has 0 bridgehead atoms. The summed E-state index contributed by atoms with van der Waals surface area (Å²) < 4.78 is 6.26. The fraction of sp³-hybridized carbons (Fsp3) is 0.238. The van der Waals surface area contributed by atoms with Crippen LogP contribution in [0.15, 0.2) is 58.4 Å². The summed E-state index contributed by atoms with van der Waals surface area (Å²) in [5.74, 6) is 0.810. The normalized spacial score (nSPS) is 11.8. The number of nitrogens with one attached hydrogen (secondary N) is 1. The molecule has 3 rings (SSSR count). The van der Waals surface area contributed by atoms with Gasteiger partial charge in [0, 0.05) is 21.5 Å². The van der Waals surface area contributed by atoms with Crippen molar-refractivity contribution in [3.63, 3.8) is 0 Å². The number of halogens is 1. The first-order valence-electron chi connectivity index (χ1n) is 8.66. The highest BCUT2D eigenvalue weighted by Gasteiger charge is 2.12. The van der Waals surface area contributed by atoms with E-state index in [0.29, 0.717) is 0 Å². The molecule has 0 saturated carbocycles. The van der Waals surface area contributed by atoms with Crippen molar-refractivity contribution >= 4 is 33.2 Å². The first-order chi connectivity index (χ1) is 13.0. The molecule has 0 fully saturated rings. The lowest BCUT2D eigenvalue weighted by Gasteiger charge is -2.14. The topological polar surface area (TPSA) is 51.2 Å². The SMILES string of the molecule is COc1cccc(CC(C)NC(=O)Cc2csc(-c3cccc(Br)c3)n2)c1. The molecule has 0 radical (unpaired) electrons. The molecule has 140 valence electrons. The maximum Gasteiger partial charge on any atom is 0.226 e. The zero-order chi connectivity index (χ0) is 19.2. The number of hydrogen-bond acceptors (Lipinski definition) is 4. The van der Waals surface area contributed by atoms with Crippen molar-refractivity contribution in [1.82, 2.24) is 10.3 Å². The molecule has 0 saturated heterocycles. The van der Waals surface area contributed by atoms with Crippen LogP contribution in [0.1, 0.15) is 18.2 Å². The lowest BCUT2D eigenvalue weighted by atomic mass is 10.1. The van der Waals surface area contributed by atoms with Crippen LogP contribution in [0.5, 0.6) is 5.75 Å². The smallest absolute Gasteiger partial charge is 0.226 e. The number of hydrogen-bond donors (Lipinski definition) is 1. The third kappa shape index (κ3) is 5.65. The van der Waals surface area contributed by atoms with Crippen molar-refractivity contribution in [1.29, 1.82) is 0 Å². The highest BCUT2D eigenvalue weighted by Crippen LogP contribution is 2.26. The fourth-order valence-corrected chi connectivity index (χ4v) is 4.05. The zero-order valence-electron chi connectivity index (χ0n) is 15.2. The Kier molecular flexibility index (Phi) is 6.63. The summed E-state index contributed by atoms with van der Waals surface area (Å²) in [5.41, 5.74) is 2.97. The van der Waals surface area contributed by atoms with E-state index < -0.39 is 0 Å². The maximum atomic E-state index is 12.4. The van der Waals surface area contributed by atoms with Gasteiger partial charge in [-0.15, -0.1) is 11.3 Å². The second-order valence-corrected chi connectivity index (χ2v) is 8.13. The van der Waals surface area contributed by atoms with Crippen LogP contribution in [0.3, 0.4) is 0 Å². The minimum absolute atomic E-state index is 0.0171. The van der Waals surface area contributed by atoms with Crippen molar-refractivity contribution in [2.24, 2.45) is 0 Å². The van der Waals surface area contributed by atoms with E-state index in [1.54, 1.807) is 18.4 Å². The molecule has 1 aromatic heterocycles. The average molecular weight is 445 g/mol. The van der Waals surface area contributed by atoms with Gasteiger partial charge in [0.05, 0.1) is 19.2 Å². The molecule has 1 atom stereocenters. The second kappa shape index (κ2) is 9.15. The average Bonchev–Trinajstić information content (AvgIpc) is 3.10. The number of methoxy groups -OCH3 is 1. The maximum absolute atomic E-state index is 12.4. The molecule has 0 aliphatic carbocycles. The molecule has 2 aromatic carbocycles. The summed E-state index contributed by atoms with van der Waals surface area (Å²) in [5, 5.41) is 5.92. The standard InChI is InChI=1S/C21H21BrN2O2S/c1-14(9-15-5-3-8-19(10-15)26-2)23-20(25)12-18-13-27-21(24-18)16-6-4-7-17(22)11-16/h3-8,10-11,13-14H,9,12H2,1-2H3,(H,23,25). The Balaban J connectivity index is 1.56. The van der Waals surface area contributed by atoms with Gasteiger partial charge in [-0.25, -0.2) is 4.98 Å². The Morgan fingerprint density at radius 3 is 2.85 bits per heavy atom. The van der Waals surface area contributed by atoms with Crippen LogP contribution in [-0.2, 0) is 17.6 Å². The van der Waals surface area contributed by atoms with Crippen molar-refractivity contribution < 1.29 is 9.53 Å². The van der Waals surface area contributed by atoms with Gasteiger partial charge in [-0.1, -0.05) is 40.2 Å². The van der Waals surface area contributed by atoms with Gasteiger partial charge in [-0.05, 0) is 43.2 Å². The van der Waals surface area contributed by atoms with E-state index in [0.717, 1.165) is 38.5 Å². The second-order valence-electron chi connectivity index (χ2n) is 6.36. The molecule has 1 heterocycles. The number of ether oxygens (including phenoxy) is 1. The van der Waals surface area contributed by atoms with Crippen LogP contribution in [0.25, 0.3) is 10.6 Å². The Bertz CT molecular complexity index is 926. The summed E-state index contributed by atoms with van der Waals surface area (Å²) in [7, 11) is 1.65. The van der Waals surface area contributed by atoms with Gasteiger partial charge in [0.1, 0.15) is 10.8 Å². The largest absolute Gasteiger partial charge is 0.497 e. The minimum Gasteiger partial charge on any atom is -0.497 e. The van der Waals surface area contributed by atoms with E-state index in [4.69, 9.17) is 4.74 Å². The van der Waals surface area contributed by atoms with E-state index >= 15 is 0 Å². The molecule has 1 unspecified atom stereocenters. The van der Waals surface area contributed by atoms with E-state index in [9.17, 15) is 4.79 Å². The van der Waals surface area contributed by atoms with Crippen molar-refractivity contribution in [2.45, 2.75) is 25.8 Å². The summed E-state index contributed by atoms with van der Waals surface area (Å²) in [6, 6.07) is 15.9. The highest BCUT2D eigenvalue weighted by molar-refractivity contribution is 9.10. The van der Waals surface area contributed by atoms with Gasteiger partial charge in [0.25, 0.3) is 0 Å². The molecule has 0 aliphatic heterocycles. The van der Waals surface area contributed by atoms with Gasteiger partial charge < -0.3 is 10.1 Å². The number of carbonyl (C=O) groups excluding carboxylic acids is 1. The van der Waals surface area contributed by atoms with Gasteiger partial charge in [0.2, 0.25) is 5.91 Å². The van der Waals surface area contributed by atoms with Crippen molar-refractivity contribution in [3.8, 4) is 16.3 Å². The van der Waals surface area contributed by atoms with Crippen molar-refractivity contribution in [3.05, 3.63) is 69.6 Å². The number of benzene rings is 2. The predicted octanol–water partition coefficient (Wildman–Crippen LogP) is 4.87. The van der Waals surface area contributed by atoms with E-state index in [2.05, 4.69) is 26.2 Å². The van der Waals surface area contributed by atoms with Crippen LogP contribution in [-0.4, -0.2) is 24.0 Å². The Hall–Kier alpha value is -2.18. The molecule has 4 nitrogen and oxygen atoms in total. The number of nitrogens with zero attached hydrogens (tertiary/aromatic N) is 1. The highest BCUT2D eigenvalue weighted by atomic mass is 79.9. The predicted molar refractivity (Wildman–Crippen MR) is 113 cm³/mol. The monoisotopic (exact) mass is 444 g/mol. The number of aromatic nitrogens is 1. The van der Waals surface area contributed by atoms with E-state index in [-0.39, 0.29) is 18.4 Å². The van der Waals surface area contributed by atoms with Gasteiger partial charge in [-0.2, -0.15) is 0 Å².